The number of thiazole rings is 1. The second-order valence-corrected chi connectivity index (χ2v) is 8.89. The van der Waals surface area contributed by atoms with Gasteiger partial charge in [0.05, 0.1) is 18.4 Å². The Balaban J connectivity index is 1.44. The van der Waals surface area contributed by atoms with Gasteiger partial charge in [-0.15, -0.1) is 11.3 Å². The summed E-state index contributed by atoms with van der Waals surface area (Å²) in [5, 5.41) is 14.8. The summed E-state index contributed by atoms with van der Waals surface area (Å²) in [7, 11) is 1.51. The van der Waals surface area contributed by atoms with Crippen molar-refractivity contribution in [3.8, 4) is 11.0 Å². The molecular weight excluding hydrogens is 472 g/mol. The Kier molecular flexibility index (Phi) is 5.65. The van der Waals surface area contributed by atoms with E-state index in [1.54, 1.807) is 42.8 Å². The lowest BCUT2D eigenvalue weighted by molar-refractivity contribution is -0.120. The Bertz CT molecular complexity index is 1510. The summed E-state index contributed by atoms with van der Waals surface area (Å²) in [6.07, 6.45) is 2.85. The predicted octanol–water partition coefficient (Wildman–Crippen LogP) is 2.33. The van der Waals surface area contributed by atoms with E-state index in [0.717, 1.165) is 0 Å². The molecule has 4 aromatic rings. The highest BCUT2D eigenvalue weighted by Gasteiger charge is 2.34. The molecule has 0 spiro atoms. The first-order chi connectivity index (χ1) is 16.9. The maximum Gasteiger partial charge on any atom is 0.341 e. The van der Waals surface area contributed by atoms with Gasteiger partial charge in [0.15, 0.2) is 10.8 Å². The minimum absolute atomic E-state index is 0.162. The monoisotopic (exact) mass is 492 g/mol. The number of aromatic nitrogens is 4. The zero-order valence-corrected chi connectivity index (χ0v) is 19.6. The Morgan fingerprint density at radius 1 is 1.26 bits per heavy atom. The van der Waals surface area contributed by atoms with Crippen LogP contribution in [0, 0.1) is 12.8 Å². The first kappa shape index (κ1) is 22.5. The predicted molar refractivity (Wildman–Crippen MR) is 130 cm³/mol. The van der Waals surface area contributed by atoms with Gasteiger partial charge in [0.2, 0.25) is 17.2 Å². The number of anilines is 2. The number of pyridine rings is 3. The number of carboxylic acid groups (broad SMARTS) is 1. The molecule has 178 valence electrons. The van der Waals surface area contributed by atoms with Crippen molar-refractivity contribution in [3.05, 3.63) is 63.4 Å². The fourth-order valence-electron chi connectivity index (χ4n) is 3.93. The van der Waals surface area contributed by atoms with E-state index in [1.807, 2.05) is 4.90 Å². The third-order valence-electron chi connectivity index (χ3n) is 5.76. The SMILES string of the molecule is COc1cccc(NC(=O)C2CN(c3cc(C)c4c(=O)c(C(=O)O)cn(-c5nccs5)c4n3)C2)n1. The summed E-state index contributed by atoms with van der Waals surface area (Å²) >= 11 is 1.30. The molecule has 0 atom stereocenters. The summed E-state index contributed by atoms with van der Waals surface area (Å²) in [6.45, 7) is 2.61. The number of fused-ring (bicyclic) bond motifs is 1. The number of aromatic carboxylic acids is 1. The molecule has 1 saturated heterocycles. The van der Waals surface area contributed by atoms with Crippen LogP contribution in [-0.2, 0) is 4.79 Å². The summed E-state index contributed by atoms with van der Waals surface area (Å²) in [5.74, 6) is -0.332. The Morgan fingerprint density at radius 3 is 2.74 bits per heavy atom. The van der Waals surface area contributed by atoms with E-state index >= 15 is 0 Å². The Hall–Kier alpha value is -4.32. The van der Waals surface area contributed by atoms with Gasteiger partial charge in [0.1, 0.15) is 17.2 Å². The molecule has 2 N–H and O–H groups in total. The van der Waals surface area contributed by atoms with Gasteiger partial charge in [-0.3, -0.25) is 14.2 Å². The van der Waals surface area contributed by atoms with Crippen LogP contribution in [0.15, 0.2) is 46.8 Å². The van der Waals surface area contributed by atoms with E-state index < -0.39 is 11.4 Å². The maximum atomic E-state index is 12.9. The van der Waals surface area contributed by atoms with Crippen molar-refractivity contribution in [3.63, 3.8) is 0 Å². The second-order valence-electron chi connectivity index (χ2n) is 8.01. The standard InChI is InChI=1S/C23H20N6O5S/c1-12-8-16(28-9-13(10-28)21(31)26-15-4-3-5-17(25-15)34-2)27-20-18(12)19(30)14(22(32)33)11-29(20)23-24-6-7-35-23/h3-8,11,13H,9-10H2,1-2H3,(H,32,33)(H,25,26,31). The number of aryl methyl sites for hydroxylation is 1. The average molecular weight is 493 g/mol. The third kappa shape index (κ3) is 4.08. The molecule has 1 aliphatic heterocycles. The van der Waals surface area contributed by atoms with Crippen LogP contribution >= 0.6 is 11.3 Å². The van der Waals surface area contributed by atoms with Gasteiger partial charge in [0.25, 0.3) is 0 Å². The molecule has 0 aliphatic carbocycles. The van der Waals surface area contributed by atoms with Gasteiger partial charge >= 0.3 is 5.97 Å². The molecule has 1 fully saturated rings. The van der Waals surface area contributed by atoms with Crippen LogP contribution in [0.5, 0.6) is 5.88 Å². The van der Waals surface area contributed by atoms with Crippen molar-refractivity contribution in [1.82, 2.24) is 19.5 Å². The van der Waals surface area contributed by atoms with E-state index in [2.05, 4.69) is 20.3 Å². The van der Waals surface area contributed by atoms with E-state index in [9.17, 15) is 19.5 Å². The van der Waals surface area contributed by atoms with Gasteiger partial charge < -0.3 is 20.1 Å². The summed E-state index contributed by atoms with van der Waals surface area (Å²) in [6, 6.07) is 6.86. The highest BCUT2D eigenvalue weighted by Crippen LogP contribution is 2.29. The summed E-state index contributed by atoms with van der Waals surface area (Å²) in [5.41, 5.74) is -0.0315. The van der Waals surface area contributed by atoms with Gasteiger partial charge in [0, 0.05) is 36.9 Å². The van der Waals surface area contributed by atoms with Crippen molar-refractivity contribution < 1.29 is 19.4 Å². The van der Waals surface area contributed by atoms with Crippen LogP contribution in [0.3, 0.4) is 0 Å². The number of carboxylic acids is 1. The Labute approximate surface area is 202 Å². The maximum absolute atomic E-state index is 12.9. The number of nitrogens with one attached hydrogen (secondary N) is 1. The van der Waals surface area contributed by atoms with Crippen LogP contribution in [0.25, 0.3) is 16.2 Å². The molecule has 0 radical (unpaired) electrons. The molecule has 5 rings (SSSR count). The van der Waals surface area contributed by atoms with E-state index in [4.69, 9.17) is 4.74 Å². The van der Waals surface area contributed by atoms with E-state index in [-0.39, 0.29) is 22.8 Å². The van der Waals surface area contributed by atoms with Gasteiger partial charge in [-0.2, -0.15) is 4.98 Å². The van der Waals surface area contributed by atoms with Crippen LogP contribution in [0.1, 0.15) is 15.9 Å². The first-order valence-electron chi connectivity index (χ1n) is 10.6. The lowest BCUT2D eigenvalue weighted by atomic mass is 9.98. The van der Waals surface area contributed by atoms with Crippen molar-refractivity contribution in [2.45, 2.75) is 6.92 Å². The number of hydrogen-bond acceptors (Lipinski definition) is 9. The molecule has 0 unspecified atom stereocenters. The second kappa shape index (κ2) is 8.80. The molecule has 5 heterocycles. The summed E-state index contributed by atoms with van der Waals surface area (Å²) in [4.78, 5) is 52.3. The van der Waals surface area contributed by atoms with E-state index in [0.29, 0.717) is 46.9 Å². The van der Waals surface area contributed by atoms with Crippen LogP contribution < -0.4 is 20.4 Å². The van der Waals surface area contributed by atoms with Crippen LogP contribution in [-0.4, -0.2) is 56.7 Å². The van der Waals surface area contributed by atoms with Crippen LogP contribution in [0.4, 0.5) is 11.6 Å². The number of amides is 1. The quantitative estimate of drug-likeness (QED) is 0.415. The van der Waals surface area contributed by atoms with Crippen LogP contribution in [0.2, 0.25) is 0 Å². The molecule has 35 heavy (non-hydrogen) atoms. The van der Waals surface area contributed by atoms with Gasteiger partial charge in [-0.05, 0) is 24.6 Å². The molecule has 11 nitrogen and oxygen atoms in total. The molecule has 0 aromatic carbocycles. The minimum Gasteiger partial charge on any atom is -0.481 e. The van der Waals surface area contributed by atoms with Gasteiger partial charge in [-0.25, -0.2) is 14.8 Å². The van der Waals surface area contributed by atoms with Crippen molar-refractivity contribution in [1.29, 1.82) is 0 Å². The number of nitrogens with zero attached hydrogens (tertiary/aromatic N) is 5. The van der Waals surface area contributed by atoms with E-state index in [1.165, 1.54) is 29.2 Å². The summed E-state index contributed by atoms with van der Waals surface area (Å²) < 4.78 is 6.61. The average Bonchev–Trinajstić information content (AvgIpc) is 3.32. The Morgan fingerprint density at radius 2 is 2.06 bits per heavy atom. The fraction of sp³-hybridized carbons (Fsp3) is 0.217. The third-order valence-corrected chi connectivity index (χ3v) is 6.53. The lowest BCUT2D eigenvalue weighted by Gasteiger charge is -2.39. The normalized spacial score (nSPS) is 13.5. The molecule has 12 heteroatoms. The largest absolute Gasteiger partial charge is 0.481 e. The van der Waals surface area contributed by atoms with Gasteiger partial charge in [-0.1, -0.05) is 6.07 Å². The number of carbonyl (C=O) groups is 2. The smallest absolute Gasteiger partial charge is 0.341 e. The minimum atomic E-state index is -1.31. The number of carbonyl (C=O) groups excluding carboxylic acids is 1. The molecule has 0 saturated carbocycles. The number of methoxy groups -OCH3 is 1. The molecule has 1 amide bonds. The number of ether oxygens (including phenoxy) is 1. The first-order valence-corrected chi connectivity index (χ1v) is 11.5. The molecule has 0 bridgehead atoms. The lowest BCUT2D eigenvalue weighted by Crippen LogP contribution is -2.52. The van der Waals surface area contributed by atoms with Crippen molar-refractivity contribution >= 4 is 45.9 Å². The topological polar surface area (TPSA) is 140 Å². The zero-order valence-electron chi connectivity index (χ0n) is 18.8. The molecule has 1 aliphatic rings. The number of hydrogen-bond donors (Lipinski definition) is 2. The molecular formula is C23H20N6O5S. The highest BCUT2D eigenvalue weighted by molar-refractivity contribution is 7.12. The number of rotatable bonds is 6. The zero-order chi connectivity index (χ0) is 24.7. The highest BCUT2D eigenvalue weighted by atomic mass is 32.1. The van der Waals surface area contributed by atoms with Crippen molar-refractivity contribution in [2.75, 3.05) is 30.4 Å². The fourth-order valence-corrected chi connectivity index (χ4v) is 4.55. The van der Waals surface area contributed by atoms with Crippen molar-refractivity contribution in [2.24, 2.45) is 5.92 Å². The molecule has 4 aromatic heterocycles.